The molecule has 0 spiro atoms. The van der Waals surface area contributed by atoms with E-state index in [1.54, 1.807) is 12.2 Å². The molecule has 0 aromatic heterocycles. The second kappa shape index (κ2) is 5.72. The zero-order valence-electron chi connectivity index (χ0n) is 15.2. The summed E-state index contributed by atoms with van der Waals surface area (Å²) in [5, 5.41) is 29.8. The van der Waals surface area contributed by atoms with Gasteiger partial charge in [0.15, 0.2) is 5.78 Å². The van der Waals surface area contributed by atoms with Gasteiger partial charge in [0.05, 0.1) is 6.10 Å². The highest BCUT2D eigenvalue weighted by Crippen LogP contribution is 2.64. The molecule has 5 nitrogen and oxygen atoms in total. The standard InChI is InChI=1S/C21H26O5/c1-20-8-7-12(22)9-11(20)3-4-13-14-5-6-15(18(24)19(25)26)21(14,2)10-16(23)17(13)20/h6-9,13-14,16-17,19,23,25-26H,3-5,10H2,1-2H3/t13?,14?,16-,17?,20-,21-/m0/s1. The van der Waals surface area contributed by atoms with Crippen LogP contribution in [0.25, 0.3) is 0 Å². The van der Waals surface area contributed by atoms with Crippen LogP contribution in [0.2, 0.25) is 0 Å². The summed E-state index contributed by atoms with van der Waals surface area (Å²) in [5.41, 5.74) is 0.686. The van der Waals surface area contributed by atoms with E-state index in [1.165, 1.54) is 0 Å². The summed E-state index contributed by atoms with van der Waals surface area (Å²) in [6.07, 6.45) is 7.35. The maximum absolute atomic E-state index is 12.3. The first-order valence-corrected chi connectivity index (χ1v) is 9.42. The Kier molecular flexibility index (Phi) is 3.92. The van der Waals surface area contributed by atoms with Crippen LogP contribution in [-0.4, -0.2) is 39.3 Å². The van der Waals surface area contributed by atoms with E-state index in [-0.39, 0.29) is 29.0 Å². The van der Waals surface area contributed by atoms with Gasteiger partial charge in [-0.2, -0.15) is 0 Å². The molecule has 0 heterocycles. The van der Waals surface area contributed by atoms with Crippen molar-refractivity contribution in [1.82, 2.24) is 0 Å². The molecule has 0 amide bonds. The van der Waals surface area contributed by atoms with Crippen LogP contribution < -0.4 is 0 Å². The van der Waals surface area contributed by atoms with E-state index in [0.29, 0.717) is 12.0 Å². The highest BCUT2D eigenvalue weighted by atomic mass is 16.5. The molecule has 6 atom stereocenters. The smallest absolute Gasteiger partial charge is 0.217 e. The Morgan fingerprint density at radius 1 is 1.31 bits per heavy atom. The van der Waals surface area contributed by atoms with Crippen LogP contribution in [0.3, 0.4) is 0 Å². The van der Waals surface area contributed by atoms with Gasteiger partial charge in [0.2, 0.25) is 12.1 Å². The molecule has 140 valence electrons. The van der Waals surface area contributed by atoms with Gasteiger partial charge in [-0.05, 0) is 49.7 Å². The molecule has 5 heteroatoms. The quantitative estimate of drug-likeness (QED) is 0.653. The Balaban J connectivity index is 1.71. The molecule has 0 aromatic carbocycles. The van der Waals surface area contributed by atoms with Crippen molar-refractivity contribution in [3.05, 3.63) is 35.5 Å². The first-order valence-electron chi connectivity index (χ1n) is 9.42. The van der Waals surface area contributed by atoms with Crippen molar-refractivity contribution in [3.8, 4) is 0 Å². The maximum Gasteiger partial charge on any atom is 0.217 e. The Bertz CT molecular complexity index is 760. The summed E-state index contributed by atoms with van der Waals surface area (Å²) in [6.45, 7) is 4.08. The highest BCUT2D eigenvalue weighted by molar-refractivity contribution is 6.01. The van der Waals surface area contributed by atoms with Crippen LogP contribution >= 0.6 is 0 Å². The summed E-state index contributed by atoms with van der Waals surface area (Å²) in [6, 6.07) is 0. The second-order valence-electron chi connectivity index (χ2n) is 8.80. The molecule has 4 aliphatic carbocycles. The SMILES string of the molecule is C[C@]12C=CC(=O)C=C1CCC1C2[C@@H](O)C[C@]2(C)C(C(=O)C(O)O)=CCC12. The fourth-order valence-corrected chi connectivity index (χ4v) is 6.42. The monoisotopic (exact) mass is 358 g/mol. The van der Waals surface area contributed by atoms with E-state index in [1.807, 2.05) is 19.1 Å². The zero-order valence-corrected chi connectivity index (χ0v) is 15.2. The van der Waals surface area contributed by atoms with E-state index in [4.69, 9.17) is 0 Å². The minimum absolute atomic E-state index is 0.00632. The van der Waals surface area contributed by atoms with E-state index < -0.39 is 23.6 Å². The number of ketones is 2. The van der Waals surface area contributed by atoms with Crippen molar-refractivity contribution in [3.63, 3.8) is 0 Å². The number of aliphatic hydroxyl groups excluding tert-OH is 2. The van der Waals surface area contributed by atoms with E-state index in [2.05, 4.69) is 6.92 Å². The number of hydrogen-bond acceptors (Lipinski definition) is 5. The molecule has 3 N–H and O–H groups in total. The second-order valence-corrected chi connectivity index (χ2v) is 8.80. The first-order chi connectivity index (χ1) is 12.2. The zero-order chi connectivity index (χ0) is 18.9. The fourth-order valence-electron chi connectivity index (χ4n) is 6.42. The third-order valence-corrected chi connectivity index (χ3v) is 7.58. The number of aliphatic hydroxyl groups is 3. The number of hydrogen-bond donors (Lipinski definition) is 3. The molecule has 4 aliphatic rings. The van der Waals surface area contributed by atoms with E-state index in [9.17, 15) is 24.9 Å². The molecule has 3 unspecified atom stereocenters. The molecule has 0 aromatic rings. The van der Waals surface area contributed by atoms with Gasteiger partial charge in [-0.1, -0.05) is 31.6 Å². The Morgan fingerprint density at radius 3 is 2.73 bits per heavy atom. The average Bonchev–Trinajstić information content (AvgIpc) is 2.90. The lowest BCUT2D eigenvalue weighted by molar-refractivity contribution is -0.145. The Hall–Kier alpha value is -1.56. The maximum atomic E-state index is 12.3. The van der Waals surface area contributed by atoms with Crippen LogP contribution in [0.5, 0.6) is 0 Å². The van der Waals surface area contributed by atoms with Gasteiger partial charge >= 0.3 is 0 Å². The topological polar surface area (TPSA) is 94.8 Å². The average molecular weight is 358 g/mol. The predicted octanol–water partition coefficient (Wildman–Crippen LogP) is 1.68. The Labute approximate surface area is 153 Å². The fraction of sp³-hybridized carbons (Fsp3) is 0.619. The molecule has 0 radical (unpaired) electrons. The van der Waals surface area contributed by atoms with Gasteiger partial charge in [-0.15, -0.1) is 0 Å². The summed E-state index contributed by atoms with van der Waals surface area (Å²) in [5.74, 6) is -0.212. The number of carbonyl (C=O) groups excluding carboxylic acids is 2. The van der Waals surface area contributed by atoms with Gasteiger partial charge in [-0.25, -0.2) is 0 Å². The lowest BCUT2D eigenvalue weighted by Gasteiger charge is -2.58. The number of allylic oxidation sites excluding steroid dienone is 5. The van der Waals surface area contributed by atoms with Crippen molar-refractivity contribution in [2.75, 3.05) is 0 Å². The lowest BCUT2D eigenvalue weighted by Crippen LogP contribution is -2.56. The van der Waals surface area contributed by atoms with Gasteiger partial charge in [0, 0.05) is 22.3 Å². The minimum Gasteiger partial charge on any atom is -0.393 e. The van der Waals surface area contributed by atoms with E-state index in [0.717, 1.165) is 24.8 Å². The number of Topliss-reactive ketones (excluding diaryl/α,β-unsaturated/α-hetero) is 1. The van der Waals surface area contributed by atoms with Gasteiger partial charge < -0.3 is 15.3 Å². The molecule has 0 bridgehead atoms. The largest absolute Gasteiger partial charge is 0.393 e. The van der Waals surface area contributed by atoms with E-state index >= 15 is 0 Å². The molecular formula is C21H26O5. The van der Waals surface area contributed by atoms with Crippen LogP contribution in [0.1, 0.15) is 39.5 Å². The Morgan fingerprint density at radius 2 is 2.04 bits per heavy atom. The summed E-state index contributed by atoms with van der Waals surface area (Å²) in [7, 11) is 0. The van der Waals surface area contributed by atoms with Gasteiger partial charge in [0.1, 0.15) is 0 Å². The molecule has 2 saturated carbocycles. The molecule has 0 saturated heterocycles. The summed E-state index contributed by atoms with van der Waals surface area (Å²) >= 11 is 0. The van der Waals surface area contributed by atoms with Crippen molar-refractivity contribution in [2.24, 2.45) is 28.6 Å². The summed E-state index contributed by atoms with van der Waals surface area (Å²) < 4.78 is 0. The number of carbonyl (C=O) groups is 2. The summed E-state index contributed by atoms with van der Waals surface area (Å²) in [4.78, 5) is 24.1. The van der Waals surface area contributed by atoms with Crippen LogP contribution in [0.15, 0.2) is 35.5 Å². The number of fused-ring (bicyclic) bond motifs is 5. The molecular weight excluding hydrogens is 332 g/mol. The van der Waals surface area contributed by atoms with Gasteiger partial charge in [0.25, 0.3) is 0 Å². The first kappa shape index (κ1) is 17.8. The predicted molar refractivity (Wildman–Crippen MR) is 94.7 cm³/mol. The minimum atomic E-state index is -2.00. The molecule has 0 aliphatic heterocycles. The molecule has 26 heavy (non-hydrogen) atoms. The number of rotatable bonds is 2. The van der Waals surface area contributed by atoms with Crippen molar-refractivity contribution < 1.29 is 24.9 Å². The third kappa shape index (κ3) is 2.27. The normalized spacial score (nSPS) is 44.2. The third-order valence-electron chi connectivity index (χ3n) is 7.58. The van der Waals surface area contributed by atoms with Crippen molar-refractivity contribution in [2.45, 2.75) is 51.9 Å². The molecule has 2 fully saturated rings. The van der Waals surface area contributed by atoms with Crippen molar-refractivity contribution in [1.29, 1.82) is 0 Å². The van der Waals surface area contributed by atoms with Crippen LogP contribution in [0, 0.1) is 28.6 Å². The highest BCUT2D eigenvalue weighted by Gasteiger charge is 2.60. The van der Waals surface area contributed by atoms with Gasteiger partial charge in [-0.3, -0.25) is 9.59 Å². The van der Waals surface area contributed by atoms with Crippen molar-refractivity contribution >= 4 is 11.6 Å². The lowest BCUT2D eigenvalue weighted by atomic mass is 9.47. The molecule has 4 rings (SSSR count). The van der Waals surface area contributed by atoms with Crippen LogP contribution in [-0.2, 0) is 9.59 Å². The van der Waals surface area contributed by atoms with Crippen LogP contribution in [0.4, 0.5) is 0 Å².